The van der Waals surface area contributed by atoms with Gasteiger partial charge in [0.1, 0.15) is 4.88 Å². The van der Waals surface area contributed by atoms with Gasteiger partial charge in [-0.1, -0.05) is 23.9 Å². The van der Waals surface area contributed by atoms with Crippen LogP contribution in [0.3, 0.4) is 0 Å². The van der Waals surface area contributed by atoms with Crippen molar-refractivity contribution >= 4 is 17.4 Å². The average Bonchev–Trinajstić information content (AvgIpc) is 3.09. The molecule has 0 bridgehead atoms. The van der Waals surface area contributed by atoms with Gasteiger partial charge in [-0.25, -0.2) is 0 Å². The Labute approximate surface area is 144 Å². The molecule has 1 N–H and O–H groups in total. The van der Waals surface area contributed by atoms with Crippen LogP contribution in [0, 0.1) is 0 Å². The maximum atomic E-state index is 12.4. The van der Waals surface area contributed by atoms with E-state index in [0.717, 1.165) is 46.9 Å². The zero-order valence-electron chi connectivity index (χ0n) is 13.3. The van der Waals surface area contributed by atoms with Gasteiger partial charge in [-0.05, 0) is 41.7 Å². The Bertz CT molecular complexity index is 819. The molecule has 0 saturated heterocycles. The number of nitrogens with zero attached hydrogens (tertiary/aromatic N) is 4. The third kappa shape index (κ3) is 3.62. The van der Waals surface area contributed by atoms with Crippen molar-refractivity contribution in [3.05, 3.63) is 59.0 Å². The summed E-state index contributed by atoms with van der Waals surface area (Å²) in [5.74, 6) is -0.144. The lowest BCUT2D eigenvalue weighted by molar-refractivity contribution is 0.0954. The molecular formula is C17H17N5OS. The van der Waals surface area contributed by atoms with Crippen molar-refractivity contribution in [2.75, 3.05) is 0 Å². The number of carbonyl (C=O) groups is 1. The fourth-order valence-electron chi connectivity index (χ4n) is 2.38. The van der Waals surface area contributed by atoms with E-state index in [1.165, 1.54) is 0 Å². The minimum absolute atomic E-state index is 0.144. The molecule has 24 heavy (non-hydrogen) atoms. The van der Waals surface area contributed by atoms with Crippen molar-refractivity contribution in [1.82, 2.24) is 24.9 Å². The van der Waals surface area contributed by atoms with Gasteiger partial charge in [0, 0.05) is 30.7 Å². The molecule has 0 aliphatic carbocycles. The van der Waals surface area contributed by atoms with Crippen LogP contribution in [0.2, 0.25) is 0 Å². The predicted octanol–water partition coefficient (Wildman–Crippen LogP) is 2.88. The van der Waals surface area contributed by atoms with Gasteiger partial charge in [-0.15, -0.1) is 5.10 Å². The lowest BCUT2D eigenvalue weighted by Crippen LogP contribution is -2.23. The second-order valence-electron chi connectivity index (χ2n) is 5.23. The molecule has 0 radical (unpaired) electrons. The molecule has 0 aromatic carbocycles. The Balaban J connectivity index is 1.76. The van der Waals surface area contributed by atoms with Crippen molar-refractivity contribution < 1.29 is 4.79 Å². The van der Waals surface area contributed by atoms with Crippen LogP contribution in [0.15, 0.2) is 42.9 Å². The largest absolute Gasteiger partial charge is 0.347 e. The van der Waals surface area contributed by atoms with Gasteiger partial charge in [0.15, 0.2) is 0 Å². The highest BCUT2D eigenvalue weighted by atomic mass is 32.1. The molecule has 0 saturated carbocycles. The Hall–Kier alpha value is -2.67. The Morgan fingerprint density at radius 1 is 1.25 bits per heavy atom. The van der Waals surface area contributed by atoms with Crippen LogP contribution in [-0.2, 0) is 13.0 Å². The first-order chi connectivity index (χ1) is 11.8. The molecule has 6 nitrogen and oxygen atoms in total. The Kier molecular flexibility index (Phi) is 5.22. The predicted molar refractivity (Wildman–Crippen MR) is 92.5 cm³/mol. The highest BCUT2D eigenvalue weighted by Gasteiger charge is 2.16. The highest BCUT2D eigenvalue weighted by Crippen LogP contribution is 2.20. The zero-order valence-corrected chi connectivity index (χ0v) is 14.1. The SMILES string of the molecule is CCCc1nnsc1C(=O)NCc1cccnc1-c1cccnc1. The lowest BCUT2D eigenvalue weighted by atomic mass is 10.1. The van der Waals surface area contributed by atoms with E-state index in [1.807, 2.05) is 24.3 Å². The number of nitrogens with one attached hydrogen (secondary N) is 1. The second kappa shape index (κ2) is 7.74. The quantitative estimate of drug-likeness (QED) is 0.747. The third-order valence-electron chi connectivity index (χ3n) is 3.51. The summed E-state index contributed by atoms with van der Waals surface area (Å²) in [5.41, 5.74) is 3.45. The van der Waals surface area contributed by atoms with Gasteiger partial charge in [0.05, 0.1) is 11.4 Å². The molecule has 0 unspecified atom stereocenters. The first-order valence-corrected chi connectivity index (χ1v) is 8.50. The number of hydrogen-bond acceptors (Lipinski definition) is 6. The van der Waals surface area contributed by atoms with Crippen LogP contribution in [0.4, 0.5) is 0 Å². The fourth-order valence-corrected chi connectivity index (χ4v) is 3.01. The van der Waals surface area contributed by atoms with Crippen molar-refractivity contribution in [1.29, 1.82) is 0 Å². The maximum Gasteiger partial charge on any atom is 0.265 e. The van der Waals surface area contributed by atoms with Crippen LogP contribution >= 0.6 is 11.5 Å². The van der Waals surface area contributed by atoms with E-state index in [4.69, 9.17) is 0 Å². The third-order valence-corrected chi connectivity index (χ3v) is 4.28. The normalized spacial score (nSPS) is 10.5. The van der Waals surface area contributed by atoms with Crippen LogP contribution in [0.1, 0.15) is 34.3 Å². The van der Waals surface area contributed by atoms with Crippen LogP contribution in [0.25, 0.3) is 11.3 Å². The van der Waals surface area contributed by atoms with Gasteiger partial charge in [-0.3, -0.25) is 14.8 Å². The monoisotopic (exact) mass is 339 g/mol. The molecule has 0 aliphatic heterocycles. The van der Waals surface area contributed by atoms with E-state index in [0.29, 0.717) is 11.4 Å². The number of carbonyl (C=O) groups excluding carboxylic acids is 1. The molecular weight excluding hydrogens is 322 g/mol. The van der Waals surface area contributed by atoms with E-state index >= 15 is 0 Å². The van der Waals surface area contributed by atoms with E-state index in [1.54, 1.807) is 18.6 Å². The van der Waals surface area contributed by atoms with Crippen molar-refractivity contribution in [3.63, 3.8) is 0 Å². The molecule has 3 heterocycles. The molecule has 0 fully saturated rings. The molecule has 3 rings (SSSR count). The molecule has 0 atom stereocenters. The number of hydrogen-bond donors (Lipinski definition) is 1. The van der Waals surface area contributed by atoms with E-state index in [2.05, 4.69) is 31.8 Å². The van der Waals surface area contributed by atoms with Crippen LogP contribution in [0.5, 0.6) is 0 Å². The minimum atomic E-state index is -0.144. The molecule has 1 amide bonds. The molecule has 0 spiro atoms. The van der Waals surface area contributed by atoms with Crippen molar-refractivity contribution in [2.24, 2.45) is 0 Å². The molecule has 0 aliphatic rings. The van der Waals surface area contributed by atoms with Gasteiger partial charge in [0.2, 0.25) is 0 Å². The topological polar surface area (TPSA) is 80.7 Å². The summed E-state index contributed by atoms with van der Waals surface area (Å²) in [6, 6.07) is 7.63. The van der Waals surface area contributed by atoms with Gasteiger partial charge in [0.25, 0.3) is 5.91 Å². The van der Waals surface area contributed by atoms with E-state index < -0.39 is 0 Å². The minimum Gasteiger partial charge on any atom is -0.347 e. The summed E-state index contributed by atoms with van der Waals surface area (Å²) in [6.07, 6.45) is 6.91. The van der Waals surface area contributed by atoms with Crippen molar-refractivity contribution in [3.8, 4) is 11.3 Å². The summed E-state index contributed by atoms with van der Waals surface area (Å²) >= 11 is 1.13. The van der Waals surface area contributed by atoms with Crippen LogP contribution < -0.4 is 5.32 Å². The van der Waals surface area contributed by atoms with E-state index in [9.17, 15) is 4.79 Å². The maximum absolute atomic E-state index is 12.4. The fraction of sp³-hybridized carbons (Fsp3) is 0.235. The van der Waals surface area contributed by atoms with Gasteiger partial charge < -0.3 is 5.32 Å². The molecule has 3 aromatic heterocycles. The number of aryl methyl sites for hydroxylation is 1. The standard InChI is InChI=1S/C17H17N5OS/c1-2-5-14-16(24-22-21-14)17(23)20-11-13-7-4-9-19-15(13)12-6-3-8-18-10-12/h3-4,6-10H,2,5,11H2,1H3,(H,20,23). The molecule has 3 aromatic rings. The average molecular weight is 339 g/mol. The molecule has 7 heteroatoms. The number of rotatable bonds is 6. The second-order valence-corrected chi connectivity index (χ2v) is 5.99. The molecule has 122 valence electrons. The lowest BCUT2D eigenvalue weighted by Gasteiger charge is -2.09. The number of amides is 1. The summed E-state index contributed by atoms with van der Waals surface area (Å²) in [6.45, 7) is 2.44. The van der Waals surface area contributed by atoms with Gasteiger partial charge >= 0.3 is 0 Å². The summed E-state index contributed by atoms with van der Waals surface area (Å²) in [7, 11) is 0. The highest BCUT2D eigenvalue weighted by molar-refractivity contribution is 7.08. The smallest absolute Gasteiger partial charge is 0.265 e. The number of aromatic nitrogens is 4. The van der Waals surface area contributed by atoms with Crippen LogP contribution in [-0.4, -0.2) is 25.5 Å². The van der Waals surface area contributed by atoms with E-state index in [-0.39, 0.29) is 5.91 Å². The van der Waals surface area contributed by atoms with Crippen molar-refractivity contribution in [2.45, 2.75) is 26.3 Å². The summed E-state index contributed by atoms with van der Waals surface area (Å²) in [5, 5.41) is 6.98. The zero-order chi connectivity index (χ0) is 16.8. The number of pyridine rings is 2. The Morgan fingerprint density at radius 2 is 2.12 bits per heavy atom. The Morgan fingerprint density at radius 3 is 2.92 bits per heavy atom. The van der Waals surface area contributed by atoms with Gasteiger partial charge in [-0.2, -0.15) is 0 Å². The first kappa shape index (κ1) is 16.2. The summed E-state index contributed by atoms with van der Waals surface area (Å²) < 4.78 is 3.89. The summed E-state index contributed by atoms with van der Waals surface area (Å²) in [4.78, 5) is 21.5. The first-order valence-electron chi connectivity index (χ1n) is 7.73.